The second kappa shape index (κ2) is 9.11. The summed E-state index contributed by atoms with van der Waals surface area (Å²) in [6.07, 6.45) is 3.93. The van der Waals surface area contributed by atoms with Crippen LogP contribution in [0, 0.1) is 6.92 Å². The minimum Gasteiger partial charge on any atom is -0.369 e. The van der Waals surface area contributed by atoms with Gasteiger partial charge in [-0.1, -0.05) is 50.1 Å². The molecule has 0 aliphatic rings. The van der Waals surface area contributed by atoms with Crippen molar-refractivity contribution in [3.8, 4) is 0 Å². The number of hydrogen-bond acceptors (Lipinski definition) is 2. The molecule has 0 aromatic heterocycles. The molecular formula is C17H29NO. The lowest BCUT2D eigenvalue weighted by molar-refractivity contribution is -0.00714. The highest BCUT2D eigenvalue weighted by Gasteiger charge is 2.15. The second-order valence-electron chi connectivity index (χ2n) is 5.34. The van der Waals surface area contributed by atoms with Gasteiger partial charge in [0.05, 0.1) is 12.2 Å². The third-order valence-corrected chi connectivity index (χ3v) is 3.26. The molecule has 0 spiro atoms. The van der Waals surface area contributed by atoms with Gasteiger partial charge in [0.25, 0.3) is 0 Å². The van der Waals surface area contributed by atoms with Crippen LogP contribution in [0.4, 0.5) is 0 Å². The van der Waals surface area contributed by atoms with Crippen LogP contribution in [-0.4, -0.2) is 19.2 Å². The van der Waals surface area contributed by atoms with Crippen molar-refractivity contribution >= 4 is 0 Å². The fourth-order valence-corrected chi connectivity index (χ4v) is 2.28. The average Bonchev–Trinajstić information content (AvgIpc) is 2.38. The molecule has 108 valence electrons. The molecule has 0 saturated heterocycles. The molecule has 0 bridgehead atoms. The molecule has 0 amide bonds. The SMILES string of the molecule is CCCNCC(OC(C)CCC)c1cccc(C)c1. The largest absolute Gasteiger partial charge is 0.369 e. The molecule has 0 fully saturated rings. The van der Waals surface area contributed by atoms with E-state index in [0.717, 1.165) is 25.9 Å². The summed E-state index contributed by atoms with van der Waals surface area (Å²) in [7, 11) is 0. The maximum absolute atomic E-state index is 6.22. The summed E-state index contributed by atoms with van der Waals surface area (Å²) in [5, 5.41) is 3.48. The summed E-state index contributed by atoms with van der Waals surface area (Å²) >= 11 is 0. The van der Waals surface area contributed by atoms with Crippen LogP contribution in [0.1, 0.15) is 57.3 Å². The first-order valence-corrected chi connectivity index (χ1v) is 7.60. The summed E-state index contributed by atoms with van der Waals surface area (Å²) in [6, 6.07) is 8.65. The number of ether oxygens (including phenoxy) is 1. The van der Waals surface area contributed by atoms with Gasteiger partial charge in [-0.15, -0.1) is 0 Å². The zero-order valence-electron chi connectivity index (χ0n) is 12.9. The summed E-state index contributed by atoms with van der Waals surface area (Å²) in [5.41, 5.74) is 2.58. The Morgan fingerprint density at radius 1 is 1.21 bits per heavy atom. The summed E-state index contributed by atoms with van der Waals surface area (Å²) in [6.45, 7) is 10.6. The second-order valence-corrected chi connectivity index (χ2v) is 5.34. The summed E-state index contributed by atoms with van der Waals surface area (Å²) in [4.78, 5) is 0. The lowest BCUT2D eigenvalue weighted by Gasteiger charge is -2.23. The Bertz CT molecular complexity index is 351. The van der Waals surface area contributed by atoms with E-state index in [1.54, 1.807) is 0 Å². The van der Waals surface area contributed by atoms with Crippen LogP contribution in [0.15, 0.2) is 24.3 Å². The van der Waals surface area contributed by atoms with Gasteiger partial charge >= 0.3 is 0 Å². The van der Waals surface area contributed by atoms with E-state index in [0.29, 0.717) is 6.10 Å². The first-order chi connectivity index (χ1) is 9.17. The minimum atomic E-state index is 0.160. The molecule has 1 aromatic carbocycles. The number of hydrogen-bond donors (Lipinski definition) is 1. The molecular weight excluding hydrogens is 234 g/mol. The molecule has 1 aromatic rings. The van der Waals surface area contributed by atoms with Crippen molar-refractivity contribution in [2.75, 3.05) is 13.1 Å². The van der Waals surface area contributed by atoms with E-state index in [1.807, 2.05) is 0 Å². The lowest BCUT2D eigenvalue weighted by atomic mass is 10.1. The first-order valence-electron chi connectivity index (χ1n) is 7.60. The molecule has 0 radical (unpaired) electrons. The van der Waals surface area contributed by atoms with Gasteiger partial charge < -0.3 is 10.1 Å². The van der Waals surface area contributed by atoms with Crippen LogP contribution in [0.25, 0.3) is 0 Å². The Balaban J connectivity index is 2.67. The van der Waals surface area contributed by atoms with Crippen LogP contribution >= 0.6 is 0 Å². The zero-order valence-corrected chi connectivity index (χ0v) is 12.9. The van der Waals surface area contributed by atoms with Gasteiger partial charge in [-0.05, 0) is 38.8 Å². The van der Waals surface area contributed by atoms with Crippen molar-refractivity contribution < 1.29 is 4.74 Å². The van der Waals surface area contributed by atoms with Crippen molar-refractivity contribution in [2.45, 2.75) is 59.2 Å². The number of benzene rings is 1. The van der Waals surface area contributed by atoms with E-state index >= 15 is 0 Å². The van der Waals surface area contributed by atoms with Crippen LogP contribution in [0.3, 0.4) is 0 Å². The molecule has 2 heteroatoms. The highest BCUT2D eigenvalue weighted by Crippen LogP contribution is 2.21. The van der Waals surface area contributed by atoms with Gasteiger partial charge in [0.15, 0.2) is 0 Å². The van der Waals surface area contributed by atoms with Gasteiger partial charge in [0.2, 0.25) is 0 Å². The third kappa shape index (κ3) is 6.22. The van der Waals surface area contributed by atoms with Crippen molar-refractivity contribution in [3.63, 3.8) is 0 Å². The molecule has 19 heavy (non-hydrogen) atoms. The van der Waals surface area contributed by atoms with Gasteiger partial charge in [0, 0.05) is 6.54 Å². The number of nitrogens with one attached hydrogen (secondary N) is 1. The Hall–Kier alpha value is -0.860. The number of aryl methyl sites for hydroxylation is 1. The zero-order chi connectivity index (χ0) is 14.1. The molecule has 2 atom stereocenters. The highest BCUT2D eigenvalue weighted by atomic mass is 16.5. The van der Waals surface area contributed by atoms with Crippen LogP contribution in [0.5, 0.6) is 0 Å². The van der Waals surface area contributed by atoms with Gasteiger partial charge in [0.1, 0.15) is 0 Å². The molecule has 0 aliphatic heterocycles. The van der Waals surface area contributed by atoms with E-state index in [-0.39, 0.29) is 6.10 Å². The Morgan fingerprint density at radius 3 is 2.63 bits per heavy atom. The molecule has 0 aliphatic carbocycles. The van der Waals surface area contributed by atoms with E-state index < -0.39 is 0 Å². The average molecular weight is 263 g/mol. The third-order valence-electron chi connectivity index (χ3n) is 3.26. The summed E-state index contributed by atoms with van der Waals surface area (Å²) < 4.78 is 6.22. The van der Waals surface area contributed by atoms with Crippen LogP contribution in [-0.2, 0) is 4.74 Å². The molecule has 2 unspecified atom stereocenters. The summed E-state index contributed by atoms with van der Waals surface area (Å²) in [5.74, 6) is 0. The molecule has 1 N–H and O–H groups in total. The van der Waals surface area contributed by atoms with Crippen LogP contribution in [0.2, 0.25) is 0 Å². The van der Waals surface area contributed by atoms with Crippen molar-refractivity contribution in [1.82, 2.24) is 5.32 Å². The van der Waals surface area contributed by atoms with Gasteiger partial charge in [-0.2, -0.15) is 0 Å². The Kier molecular flexibility index (Phi) is 7.76. The maximum Gasteiger partial charge on any atom is 0.0952 e. The fraction of sp³-hybridized carbons (Fsp3) is 0.647. The smallest absolute Gasteiger partial charge is 0.0952 e. The highest BCUT2D eigenvalue weighted by molar-refractivity contribution is 5.24. The van der Waals surface area contributed by atoms with Gasteiger partial charge in [-0.25, -0.2) is 0 Å². The van der Waals surface area contributed by atoms with Gasteiger partial charge in [-0.3, -0.25) is 0 Å². The monoisotopic (exact) mass is 263 g/mol. The van der Waals surface area contributed by atoms with Crippen molar-refractivity contribution in [2.24, 2.45) is 0 Å². The minimum absolute atomic E-state index is 0.160. The molecule has 0 heterocycles. The first kappa shape index (κ1) is 16.2. The van der Waals surface area contributed by atoms with Crippen LogP contribution < -0.4 is 5.32 Å². The van der Waals surface area contributed by atoms with E-state index in [9.17, 15) is 0 Å². The maximum atomic E-state index is 6.22. The molecule has 0 saturated carbocycles. The molecule has 1 rings (SSSR count). The fourth-order valence-electron chi connectivity index (χ4n) is 2.28. The Morgan fingerprint density at radius 2 is 2.00 bits per heavy atom. The predicted octanol–water partition coefficient (Wildman–Crippen LogP) is 4.24. The predicted molar refractivity (Wildman–Crippen MR) is 82.5 cm³/mol. The Labute approximate surface area is 118 Å². The van der Waals surface area contributed by atoms with Crippen molar-refractivity contribution in [1.29, 1.82) is 0 Å². The lowest BCUT2D eigenvalue weighted by Crippen LogP contribution is -2.26. The molecule has 2 nitrogen and oxygen atoms in total. The van der Waals surface area contributed by atoms with Crippen molar-refractivity contribution in [3.05, 3.63) is 35.4 Å². The van der Waals surface area contributed by atoms with E-state index in [1.165, 1.54) is 17.5 Å². The van der Waals surface area contributed by atoms with E-state index in [2.05, 4.69) is 57.3 Å². The standard InChI is InChI=1S/C17H29NO/c1-5-8-15(4)19-17(13-18-11-6-2)16-10-7-9-14(3)12-16/h7,9-10,12,15,17-18H,5-6,8,11,13H2,1-4H3. The normalized spacial score (nSPS) is 14.3. The quantitative estimate of drug-likeness (QED) is 0.673. The topological polar surface area (TPSA) is 21.3 Å². The van der Waals surface area contributed by atoms with E-state index in [4.69, 9.17) is 4.74 Å². The number of rotatable bonds is 9.